The lowest BCUT2D eigenvalue weighted by atomic mass is 10.0. The summed E-state index contributed by atoms with van der Waals surface area (Å²) >= 11 is 5.96. The Kier molecular flexibility index (Phi) is 3.33. The highest BCUT2D eigenvalue weighted by Gasteiger charge is 2.13. The predicted molar refractivity (Wildman–Crippen MR) is 92.7 cm³/mol. The second kappa shape index (κ2) is 5.52. The number of fused-ring (bicyclic) bond motifs is 1. The molecule has 0 aliphatic carbocycles. The number of halogens is 1. The second-order valence-electron chi connectivity index (χ2n) is 5.47. The van der Waals surface area contributed by atoms with E-state index in [4.69, 9.17) is 11.6 Å². The molecule has 0 radical (unpaired) electrons. The standard InChI is InChI=1S/C18H12ClN5/c1-11-16(8-20)24-10-13(4-7-17(24)22-11)15-9-21-23-18(15)12-2-5-14(19)6-3-12/h2-7,9-10H,1H3,(H,21,23). The van der Waals surface area contributed by atoms with Gasteiger partial charge in [-0.15, -0.1) is 0 Å². The molecule has 5 nitrogen and oxygen atoms in total. The van der Waals surface area contributed by atoms with Gasteiger partial charge in [-0.3, -0.25) is 9.50 Å². The highest BCUT2D eigenvalue weighted by molar-refractivity contribution is 6.30. The van der Waals surface area contributed by atoms with Crippen molar-refractivity contribution in [3.63, 3.8) is 0 Å². The fourth-order valence-corrected chi connectivity index (χ4v) is 2.92. The van der Waals surface area contributed by atoms with Crippen LogP contribution in [-0.2, 0) is 0 Å². The summed E-state index contributed by atoms with van der Waals surface area (Å²) < 4.78 is 1.81. The molecule has 24 heavy (non-hydrogen) atoms. The van der Waals surface area contributed by atoms with E-state index in [0.29, 0.717) is 10.7 Å². The van der Waals surface area contributed by atoms with Gasteiger partial charge in [-0.1, -0.05) is 23.7 Å². The van der Waals surface area contributed by atoms with E-state index in [1.807, 2.05) is 53.9 Å². The Balaban J connectivity index is 1.89. The van der Waals surface area contributed by atoms with Crippen LogP contribution in [0, 0.1) is 18.3 Å². The van der Waals surface area contributed by atoms with Gasteiger partial charge in [0, 0.05) is 27.9 Å². The van der Waals surface area contributed by atoms with E-state index >= 15 is 0 Å². The number of nitrogens with one attached hydrogen (secondary N) is 1. The molecule has 3 heterocycles. The van der Waals surface area contributed by atoms with Crippen LogP contribution in [0.5, 0.6) is 0 Å². The molecule has 0 fully saturated rings. The zero-order valence-electron chi connectivity index (χ0n) is 12.8. The molecule has 0 aliphatic rings. The molecule has 4 rings (SSSR count). The molecule has 0 saturated heterocycles. The average Bonchev–Trinajstić information content (AvgIpc) is 3.18. The van der Waals surface area contributed by atoms with Crippen molar-refractivity contribution in [2.75, 3.05) is 0 Å². The Morgan fingerprint density at radius 1 is 1.12 bits per heavy atom. The minimum Gasteiger partial charge on any atom is -0.290 e. The third-order valence-corrected chi connectivity index (χ3v) is 4.23. The van der Waals surface area contributed by atoms with Gasteiger partial charge in [0.15, 0.2) is 0 Å². The van der Waals surface area contributed by atoms with Crippen LogP contribution < -0.4 is 0 Å². The summed E-state index contributed by atoms with van der Waals surface area (Å²) in [5.41, 5.74) is 5.83. The Morgan fingerprint density at radius 2 is 1.88 bits per heavy atom. The number of aromatic nitrogens is 4. The van der Waals surface area contributed by atoms with Crippen LogP contribution in [0.25, 0.3) is 28.0 Å². The maximum Gasteiger partial charge on any atom is 0.147 e. The smallest absolute Gasteiger partial charge is 0.147 e. The molecule has 0 unspecified atom stereocenters. The van der Waals surface area contributed by atoms with Crippen molar-refractivity contribution in [3.05, 3.63) is 65.2 Å². The van der Waals surface area contributed by atoms with Crippen molar-refractivity contribution in [2.45, 2.75) is 6.92 Å². The molecule has 4 aromatic rings. The summed E-state index contributed by atoms with van der Waals surface area (Å²) in [6, 6.07) is 13.7. The lowest BCUT2D eigenvalue weighted by Crippen LogP contribution is -1.91. The summed E-state index contributed by atoms with van der Waals surface area (Å²) in [4.78, 5) is 4.40. The van der Waals surface area contributed by atoms with Gasteiger partial charge >= 0.3 is 0 Å². The molecular weight excluding hydrogens is 322 g/mol. The van der Waals surface area contributed by atoms with Crippen LogP contribution in [0.4, 0.5) is 0 Å². The van der Waals surface area contributed by atoms with Gasteiger partial charge in [0.25, 0.3) is 0 Å². The topological polar surface area (TPSA) is 69.8 Å². The summed E-state index contributed by atoms with van der Waals surface area (Å²) in [6.45, 7) is 1.84. The molecule has 1 N–H and O–H groups in total. The van der Waals surface area contributed by atoms with Gasteiger partial charge in [0.2, 0.25) is 0 Å². The van der Waals surface area contributed by atoms with Crippen molar-refractivity contribution < 1.29 is 0 Å². The van der Waals surface area contributed by atoms with E-state index in [2.05, 4.69) is 21.3 Å². The van der Waals surface area contributed by atoms with Crippen molar-refractivity contribution >= 4 is 17.2 Å². The number of nitriles is 1. The van der Waals surface area contributed by atoms with E-state index < -0.39 is 0 Å². The molecule has 0 aliphatic heterocycles. The third-order valence-electron chi connectivity index (χ3n) is 3.98. The van der Waals surface area contributed by atoms with E-state index in [9.17, 15) is 5.26 Å². The van der Waals surface area contributed by atoms with Gasteiger partial charge in [0.05, 0.1) is 17.6 Å². The summed E-state index contributed by atoms with van der Waals surface area (Å²) in [5.74, 6) is 0. The first kappa shape index (κ1) is 14.5. The van der Waals surface area contributed by atoms with Crippen LogP contribution in [0.1, 0.15) is 11.4 Å². The highest BCUT2D eigenvalue weighted by atomic mass is 35.5. The minimum atomic E-state index is 0.545. The molecule has 0 atom stereocenters. The lowest BCUT2D eigenvalue weighted by Gasteiger charge is -2.05. The van der Waals surface area contributed by atoms with Gasteiger partial charge in [-0.2, -0.15) is 10.4 Å². The monoisotopic (exact) mass is 333 g/mol. The van der Waals surface area contributed by atoms with Crippen LogP contribution in [-0.4, -0.2) is 19.6 Å². The molecule has 6 heteroatoms. The number of H-pyrrole nitrogens is 1. The van der Waals surface area contributed by atoms with Crippen LogP contribution in [0.2, 0.25) is 5.02 Å². The summed E-state index contributed by atoms with van der Waals surface area (Å²) in [5, 5.41) is 17.2. The number of aromatic amines is 1. The molecule has 1 aromatic carbocycles. The Hall–Kier alpha value is -3.10. The van der Waals surface area contributed by atoms with E-state index in [1.165, 1.54) is 0 Å². The Labute approximate surface area is 143 Å². The summed E-state index contributed by atoms with van der Waals surface area (Å²) in [6.07, 6.45) is 3.69. The predicted octanol–water partition coefficient (Wildman–Crippen LogP) is 4.22. The summed E-state index contributed by atoms with van der Waals surface area (Å²) in [7, 11) is 0. The first-order valence-corrected chi connectivity index (χ1v) is 7.73. The van der Waals surface area contributed by atoms with Crippen molar-refractivity contribution in [1.29, 1.82) is 5.26 Å². The SMILES string of the molecule is Cc1nc2ccc(-c3cn[nH]c3-c3ccc(Cl)cc3)cn2c1C#N. The van der Waals surface area contributed by atoms with Crippen molar-refractivity contribution in [2.24, 2.45) is 0 Å². The molecule has 116 valence electrons. The van der Waals surface area contributed by atoms with E-state index in [0.717, 1.165) is 33.7 Å². The van der Waals surface area contributed by atoms with Gasteiger partial charge in [-0.05, 0) is 31.2 Å². The third kappa shape index (κ3) is 2.25. The zero-order chi connectivity index (χ0) is 16.7. The number of aryl methyl sites for hydroxylation is 1. The number of benzene rings is 1. The second-order valence-corrected chi connectivity index (χ2v) is 5.91. The molecule has 0 bridgehead atoms. The first-order valence-electron chi connectivity index (χ1n) is 7.36. The Bertz CT molecular complexity index is 1080. The molecule has 3 aromatic heterocycles. The lowest BCUT2D eigenvalue weighted by molar-refractivity contribution is 1.10. The number of pyridine rings is 1. The molecular formula is C18H12ClN5. The van der Waals surface area contributed by atoms with Crippen LogP contribution in [0.15, 0.2) is 48.8 Å². The Morgan fingerprint density at radius 3 is 2.62 bits per heavy atom. The minimum absolute atomic E-state index is 0.545. The maximum absolute atomic E-state index is 9.34. The fourth-order valence-electron chi connectivity index (χ4n) is 2.80. The van der Waals surface area contributed by atoms with Gasteiger partial charge < -0.3 is 0 Å². The van der Waals surface area contributed by atoms with Crippen molar-refractivity contribution in [3.8, 4) is 28.5 Å². The largest absolute Gasteiger partial charge is 0.290 e. The molecule has 0 amide bonds. The van der Waals surface area contributed by atoms with E-state index in [-0.39, 0.29) is 0 Å². The quantitative estimate of drug-likeness (QED) is 0.597. The van der Waals surface area contributed by atoms with Crippen LogP contribution >= 0.6 is 11.6 Å². The van der Waals surface area contributed by atoms with Crippen molar-refractivity contribution in [1.82, 2.24) is 19.6 Å². The maximum atomic E-state index is 9.34. The van der Waals surface area contributed by atoms with Gasteiger partial charge in [0.1, 0.15) is 17.4 Å². The highest BCUT2D eigenvalue weighted by Crippen LogP contribution is 2.31. The van der Waals surface area contributed by atoms with Crippen LogP contribution in [0.3, 0.4) is 0 Å². The average molecular weight is 334 g/mol. The normalized spacial score (nSPS) is 10.9. The molecule has 0 spiro atoms. The number of imidazole rings is 1. The van der Waals surface area contributed by atoms with E-state index in [1.54, 1.807) is 6.20 Å². The van der Waals surface area contributed by atoms with Gasteiger partial charge in [-0.25, -0.2) is 4.98 Å². The molecule has 0 saturated carbocycles. The fraction of sp³-hybridized carbons (Fsp3) is 0.0556. The number of nitrogens with zero attached hydrogens (tertiary/aromatic N) is 4. The zero-order valence-corrected chi connectivity index (χ0v) is 13.5. The number of hydrogen-bond donors (Lipinski definition) is 1. The first-order chi connectivity index (χ1) is 11.7. The number of rotatable bonds is 2. The number of hydrogen-bond acceptors (Lipinski definition) is 3.